The molecule has 3 N–H and O–H groups in total. The number of pyridine rings is 2. The maximum absolute atomic E-state index is 13.1. The van der Waals surface area contributed by atoms with Crippen molar-refractivity contribution in [3.8, 4) is 0 Å². The van der Waals surface area contributed by atoms with Crippen molar-refractivity contribution >= 4 is 23.2 Å². The number of anilines is 3. The molecule has 4 rings (SSSR count). The zero-order valence-corrected chi connectivity index (χ0v) is 16.8. The van der Waals surface area contributed by atoms with E-state index in [1.54, 1.807) is 42.3 Å². The third kappa shape index (κ3) is 4.00. The van der Waals surface area contributed by atoms with Gasteiger partial charge in [-0.1, -0.05) is 6.07 Å². The monoisotopic (exact) mass is 418 g/mol. The van der Waals surface area contributed by atoms with Crippen LogP contribution in [-0.4, -0.2) is 58.4 Å². The standard InChI is InChI=1S/C20H24F2N6O2/c1-19(21,22)12-24-18(29)14-6-7-15-17(25-14)28(13-8-10-27(15)11-13)20(2,30)26-16-5-3-4-9-23-16/h3-7,9,13,30H,8,10-12H2,1-2H3,(H,23,26)(H,24,29)/t13-,20?/m0/s1. The van der Waals surface area contributed by atoms with Crippen LogP contribution < -0.4 is 20.4 Å². The average Bonchev–Trinajstić information content (AvgIpc) is 3.09. The first-order valence-corrected chi connectivity index (χ1v) is 9.77. The van der Waals surface area contributed by atoms with Crippen molar-refractivity contribution < 1.29 is 18.7 Å². The SMILES string of the molecule is CC(F)(F)CNC(=O)c1ccc2c(n1)N(C(C)(O)Nc1ccccn1)[C@H]1CCN2C1. The highest BCUT2D eigenvalue weighted by molar-refractivity contribution is 5.93. The van der Waals surface area contributed by atoms with Crippen LogP contribution in [0.4, 0.5) is 26.1 Å². The molecule has 1 saturated heterocycles. The number of carbonyl (C=O) groups excluding carboxylic acids is 1. The number of rotatable bonds is 6. The number of fused-ring (bicyclic) bond motifs is 4. The number of aromatic nitrogens is 2. The summed E-state index contributed by atoms with van der Waals surface area (Å²) < 4.78 is 26.2. The number of amides is 1. The smallest absolute Gasteiger partial charge is 0.270 e. The Bertz CT molecular complexity index is 935. The van der Waals surface area contributed by atoms with Crippen LogP contribution in [0.5, 0.6) is 0 Å². The molecule has 8 nitrogen and oxygen atoms in total. The molecule has 1 unspecified atom stereocenters. The quantitative estimate of drug-likeness (QED) is 0.618. The Morgan fingerprint density at radius 1 is 1.30 bits per heavy atom. The average molecular weight is 418 g/mol. The molecule has 0 saturated carbocycles. The maximum atomic E-state index is 13.1. The molecule has 2 bridgehead atoms. The molecule has 160 valence electrons. The molecule has 2 aromatic heterocycles. The Kier molecular flexibility index (Phi) is 4.97. The van der Waals surface area contributed by atoms with Crippen molar-refractivity contribution in [1.29, 1.82) is 0 Å². The van der Waals surface area contributed by atoms with Gasteiger partial charge in [0, 0.05) is 33.1 Å². The Morgan fingerprint density at radius 2 is 2.10 bits per heavy atom. The summed E-state index contributed by atoms with van der Waals surface area (Å²) in [5.41, 5.74) is 0.795. The molecule has 2 aliphatic heterocycles. The molecular weight excluding hydrogens is 394 g/mol. The molecule has 2 aromatic rings. The fraction of sp³-hybridized carbons (Fsp3) is 0.450. The predicted molar refractivity (Wildman–Crippen MR) is 109 cm³/mol. The largest absolute Gasteiger partial charge is 0.366 e. The Labute approximate surface area is 172 Å². The van der Waals surface area contributed by atoms with Crippen LogP contribution >= 0.6 is 0 Å². The summed E-state index contributed by atoms with van der Waals surface area (Å²) in [4.78, 5) is 24.9. The third-order valence-electron chi connectivity index (χ3n) is 5.24. The van der Waals surface area contributed by atoms with Crippen LogP contribution in [-0.2, 0) is 0 Å². The van der Waals surface area contributed by atoms with E-state index in [2.05, 4.69) is 25.5 Å². The van der Waals surface area contributed by atoms with E-state index in [1.165, 1.54) is 6.07 Å². The van der Waals surface area contributed by atoms with E-state index >= 15 is 0 Å². The van der Waals surface area contributed by atoms with Gasteiger partial charge in [0.15, 0.2) is 5.82 Å². The van der Waals surface area contributed by atoms with Crippen molar-refractivity contribution in [3.05, 3.63) is 42.2 Å². The number of aliphatic hydroxyl groups is 1. The van der Waals surface area contributed by atoms with Crippen LogP contribution in [0.3, 0.4) is 0 Å². The lowest BCUT2D eigenvalue weighted by molar-refractivity contribution is 0.0220. The highest BCUT2D eigenvalue weighted by Gasteiger charge is 2.45. The fourth-order valence-corrected chi connectivity index (χ4v) is 3.96. The molecule has 2 atom stereocenters. The van der Waals surface area contributed by atoms with Gasteiger partial charge in [0.2, 0.25) is 5.85 Å². The van der Waals surface area contributed by atoms with Crippen molar-refractivity contribution in [2.24, 2.45) is 0 Å². The first kappa shape index (κ1) is 20.3. The van der Waals surface area contributed by atoms with Crippen LogP contribution in [0, 0.1) is 0 Å². The Morgan fingerprint density at radius 3 is 2.80 bits per heavy atom. The van der Waals surface area contributed by atoms with Crippen LogP contribution in [0.2, 0.25) is 0 Å². The summed E-state index contributed by atoms with van der Waals surface area (Å²) in [7, 11) is 0. The molecule has 0 aliphatic carbocycles. The van der Waals surface area contributed by atoms with E-state index < -0.39 is 24.2 Å². The first-order valence-electron chi connectivity index (χ1n) is 9.77. The highest BCUT2D eigenvalue weighted by Crippen LogP contribution is 2.42. The van der Waals surface area contributed by atoms with E-state index in [0.717, 1.165) is 25.6 Å². The van der Waals surface area contributed by atoms with Gasteiger partial charge in [0.25, 0.3) is 11.8 Å². The highest BCUT2D eigenvalue weighted by atomic mass is 19.3. The predicted octanol–water partition coefficient (Wildman–Crippen LogP) is 2.04. The number of hydrogen-bond acceptors (Lipinski definition) is 7. The zero-order chi connectivity index (χ0) is 21.5. The van der Waals surface area contributed by atoms with Gasteiger partial charge < -0.3 is 25.5 Å². The van der Waals surface area contributed by atoms with Crippen LogP contribution in [0.25, 0.3) is 0 Å². The molecule has 0 spiro atoms. The van der Waals surface area contributed by atoms with E-state index in [0.29, 0.717) is 18.2 Å². The van der Waals surface area contributed by atoms with Gasteiger partial charge in [0.05, 0.1) is 18.3 Å². The second kappa shape index (κ2) is 7.35. The van der Waals surface area contributed by atoms with E-state index in [1.807, 2.05) is 0 Å². The van der Waals surface area contributed by atoms with Crippen LogP contribution in [0.1, 0.15) is 30.8 Å². The molecule has 2 aliphatic rings. The summed E-state index contributed by atoms with van der Waals surface area (Å²) in [6.45, 7) is 3.07. The van der Waals surface area contributed by atoms with E-state index in [9.17, 15) is 18.7 Å². The summed E-state index contributed by atoms with van der Waals surface area (Å²) in [5.74, 6) is -4.33. The van der Waals surface area contributed by atoms with Crippen molar-refractivity contribution in [1.82, 2.24) is 15.3 Å². The number of carbonyl (C=O) groups is 1. The maximum Gasteiger partial charge on any atom is 0.270 e. The lowest BCUT2D eigenvalue weighted by atomic mass is 10.1. The van der Waals surface area contributed by atoms with Gasteiger partial charge in [0.1, 0.15) is 11.5 Å². The minimum Gasteiger partial charge on any atom is -0.366 e. The first-order chi connectivity index (χ1) is 14.1. The van der Waals surface area contributed by atoms with E-state index in [-0.39, 0.29) is 11.7 Å². The lowest BCUT2D eigenvalue weighted by Crippen LogP contribution is -2.60. The second-order valence-corrected chi connectivity index (χ2v) is 7.91. The summed E-state index contributed by atoms with van der Waals surface area (Å²) >= 11 is 0. The Hall–Kier alpha value is -3.01. The van der Waals surface area contributed by atoms with Gasteiger partial charge in [-0.3, -0.25) is 4.79 Å². The summed E-state index contributed by atoms with van der Waals surface area (Å²) in [6, 6.07) is 8.54. The topological polar surface area (TPSA) is 93.6 Å². The minimum atomic E-state index is -3.02. The van der Waals surface area contributed by atoms with Gasteiger partial charge in [-0.25, -0.2) is 18.7 Å². The Balaban J connectivity index is 1.66. The fourth-order valence-electron chi connectivity index (χ4n) is 3.96. The van der Waals surface area contributed by atoms with Gasteiger partial charge in [-0.2, -0.15) is 0 Å². The zero-order valence-electron chi connectivity index (χ0n) is 16.8. The summed E-state index contributed by atoms with van der Waals surface area (Å²) in [6.07, 6.45) is 2.42. The molecule has 30 heavy (non-hydrogen) atoms. The van der Waals surface area contributed by atoms with Crippen LogP contribution in [0.15, 0.2) is 36.5 Å². The van der Waals surface area contributed by atoms with Crippen molar-refractivity contribution in [2.45, 2.75) is 38.1 Å². The van der Waals surface area contributed by atoms with Gasteiger partial charge in [-0.15, -0.1) is 0 Å². The second-order valence-electron chi connectivity index (χ2n) is 7.91. The number of nitrogens with zero attached hydrogens (tertiary/aromatic N) is 4. The molecule has 0 aromatic carbocycles. The van der Waals surface area contributed by atoms with Gasteiger partial charge in [-0.05, 0) is 30.7 Å². The molecule has 0 radical (unpaired) electrons. The molecule has 10 heteroatoms. The summed E-state index contributed by atoms with van der Waals surface area (Å²) in [5, 5.41) is 16.5. The third-order valence-corrected chi connectivity index (χ3v) is 5.24. The van der Waals surface area contributed by atoms with Crippen molar-refractivity contribution in [2.75, 3.05) is 34.8 Å². The number of nitrogens with one attached hydrogen (secondary N) is 2. The number of alkyl halides is 2. The molecular formula is C20H24F2N6O2. The minimum absolute atomic E-state index is 0.0131. The molecule has 4 heterocycles. The molecule has 1 amide bonds. The van der Waals surface area contributed by atoms with Gasteiger partial charge >= 0.3 is 0 Å². The number of hydrogen-bond donors (Lipinski definition) is 3. The lowest BCUT2D eigenvalue weighted by Gasteiger charge is -2.45. The molecule has 1 fully saturated rings. The number of halogens is 2. The normalized spacial score (nSPS) is 19.8. The van der Waals surface area contributed by atoms with Crippen molar-refractivity contribution in [3.63, 3.8) is 0 Å². The van der Waals surface area contributed by atoms with E-state index in [4.69, 9.17) is 0 Å².